The molecule has 0 aliphatic carbocycles. The molecule has 17 nitrogen and oxygen atoms in total. The normalized spacial score (nSPS) is 21.5. The Labute approximate surface area is 359 Å². The average Bonchev–Trinajstić information content (AvgIpc) is 3.53. The first-order chi connectivity index (χ1) is 29.9. The van der Waals surface area contributed by atoms with E-state index in [0.29, 0.717) is 76.2 Å². The average molecular weight is 845 g/mol. The summed E-state index contributed by atoms with van der Waals surface area (Å²) in [7, 11) is 0. The number of nitrogens with two attached hydrogens (primary N) is 3. The van der Waals surface area contributed by atoms with E-state index in [1.807, 2.05) is 40.1 Å². The van der Waals surface area contributed by atoms with E-state index in [1.165, 1.54) is 0 Å². The summed E-state index contributed by atoms with van der Waals surface area (Å²) >= 11 is 0. The minimum absolute atomic E-state index is 0.0234. The van der Waals surface area contributed by atoms with Crippen LogP contribution in [0.1, 0.15) is 64.8 Å². The quantitative estimate of drug-likeness (QED) is 0.132. The highest BCUT2D eigenvalue weighted by Crippen LogP contribution is 2.33. The van der Waals surface area contributed by atoms with E-state index in [2.05, 4.69) is 20.4 Å². The number of piperazine rings is 1. The second-order valence-corrected chi connectivity index (χ2v) is 16.5. The summed E-state index contributed by atoms with van der Waals surface area (Å²) < 4.78 is 0. The maximum Gasteiger partial charge on any atom is 0.262 e. The van der Waals surface area contributed by atoms with Crippen molar-refractivity contribution in [3.05, 3.63) is 107 Å². The van der Waals surface area contributed by atoms with Crippen molar-refractivity contribution in [1.29, 1.82) is 0 Å². The predicted octanol–water partition coefficient (Wildman–Crippen LogP) is 1.39. The number of carbonyl (C=O) groups excluding carboxylic acids is 6. The molecule has 4 fully saturated rings. The number of amides is 6. The van der Waals surface area contributed by atoms with Crippen molar-refractivity contribution in [3.8, 4) is 5.75 Å². The Morgan fingerprint density at radius 3 is 2.13 bits per heavy atom. The van der Waals surface area contributed by atoms with Gasteiger partial charge in [0.1, 0.15) is 23.7 Å². The number of phenols is 1. The van der Waals surface area contributed by atoms with Gasteiger partial charge in [-0.15, -0.1) is 0 Å². The molecule has 0 aromatic heterocycles. The maximum absolute atomic E-state index is 14.2. The number of imide groups is 2. The van der Waals surface area contributed by atoms with Gasteiger partial charge in [0.05, 0.1) is 16.8 Å². The topological polar surface area (TPSA) is 241 Å². The van der Waals surface area contributed by atoms with Crippen LogP contribution in [0.3, 0.4) is 0 Å². The Balaban J connectivity index is 0.861. The SMILES string of the molecule is NC(N)=C(/C=C(\N)c1ccccc1O)N1CCN(c2ccccc2)C(C(=O)NC2CCN(C(=O)C3CCN(c4ccc5c(c4)C(=O)N(C4CCC(=O)NC4=O)C5=O)CC3)CC2)C1. The fraction of sp³-hybridized carbons (Fsp3) is 0.378. The minimum Gasteiger partial charge on any atom is -0.507 e. The summed E-state index contributed by atoms with van der Waals surface area (Å²) in [4.78, 5) is 87.7. The van der Waals surface area contributed by atoms with Gasteiger partial charge in [-0.05, 0) is 80.6 Å². The standard InChI is InChI=1S/C45H52N10O7/c46-34(32-8-4-5-9-38(32)56)25-36(40(47)48)53-22-23-54(29-6-2-1-3-7-29)37(26-53)42(59)49-28-16-20-52(21-17-28)43(60)27-14-18-51(19-15-27)30-10-11-31-33(24-30)45(62)55(44(31)61)35-12-13-39(57)50-41(35)58/h1-11,24-25,27-28,35,37,56H,12-23,26,46-48H2,(H,49,59)(H,50,57,58)/b34-25-. The fourth-order valence-corrected chi connectivity index (χ4v) is 9.29. The van der Waals surface area contributed by atoms with Crippen molar-refractivity contribution in [2.45, 2.75) is 56.7 Å². The van der Waals surface area contributed by atoms with E-state index in [4.69, 9.17) is 17.2 Å². The molecule has 2 atom stereocenters. The van der Waals surface area contributed by atoms with Crippen LogP contribution in [0, 0.1) is 5.92 Å². The van der Waals surface area contributed by atoms with Crippen molar-refractivity contribution in [2.24, 2.45) is 23.1 Å². The first-order valence-corrected chi connectivity index (χ1v) is 21.1. The molecule has 0 spiro atoms. The van der Waals surface area contributed by atoms with Crippen molar-refractivity contribution in [2.75, 3.05) is 55.6 Å². The number of fused-ring (bicyclic) bond motifs is 1. The molecule has 6 amide bonds. The highest BCUT2D eigenvalue weighted by Gasteiger charge is 2.45. The van der Waals surface area contributed by atoms with Gasteiger partial charge >= 0.3 is 0 Å². The number of likely N-dealkylation sites (tertiary alicyclic amines) is 1. The molecule has 5 aliphatic heterocycles. The minimum atomic E-state index is -1.03. The molecule has 3 aromatic rings. The monoisotopic (exact) mass is 844 g/mol. The van der Waals surface area contributed by atoms with Gasteiger partial charge in [0.25, 0.3) is 11.8 Å². The highest BCUT2D eigenvalue weighted by atomic mass is 16.3. The van der Waals surface area contributed by atoms with Crippen molar-refractivity contribution >= 4 is 52.5 Å². The third-order valence-corrected chi connectivity index (χ3v) is 12.7. The molecular weight excluding hydrogens is 793 g/mol. The number of benzene rings is 3. The number of anilines is 2. The summed E-state index contributed by atoms with van der Waals surface area (Å²) in [5.41, 5.74) is 22.1. The number of rotatable bonds is 9. The molecule has 5 aliphatic rings. The van der Waals surface area contributed by atoms with Gasteiger partial charge < -0.3 is 47.2 Å². The zero-order chi connectivity index (χ0) is 43.7. The number of nitrogens with zero attached hydrogens (tertiary/aromatic N) is 5. The van der Waals surface area contributed by atoms with E-state index in [1.54, 1.807) is 48.5 Å². The van der Waals surface area contributed by atoms with E-state index in [9.17, 15) is 33.9 Å². The molecule has 4 saturated heterocycles. The van der Waals surface area contributed by atoms with Gasteiger partial charge in [-0.3, -0.25) is 39.0 Å². The molecule has 9 N–H and O–H groups in total. The Kier molecular flexibility index (Phi) is 11.8. The number of carbonyl (C=O) groups is 6. The summed E-state index contributed by atoms with van der Waals surface area (Å²) in [5.74, 6) is -2.34. The maximum atomic E-state index is 14.2. The number of para-hydroxylation sites is 2. The lowest BCUT2D eigenvalue weighted by Crippen LogP contribution is -2.61. The fourth-order valence-electron chi connectivity index (χ4n) is 9.29. The molecule has 8 rings (SSSR count). The van der Waals surface area contributed by atoms with Gasteiger partial charge in [0.2, 0.25) is 23.6 Å². The molecule has 62 heavy (non-hydrogen) atoms. The van der Waals surface area contributed by atoms with Crippen molar-refractivity contribution in [3.63, 3.8) is 0 Å². The van der Waals surface area contributed by atoms with Crippen LogP contribution in [-0.4, -0.2) is 119 Å². The number of hydrogen-bond acceptors (Lipinski definition) is 13. The second-order valence-electron chi connectivity index (χ2n) is 16.5. The summed E-state index contributed by atoms with van der Waals surface area (Å²) in [6.07, 6.45) is 4.22. The zero-order valence-electron chi connectivity index (χ0n) is 34.4. The highest BCUT2D eigenvalue weighted by molar-refractivity contribution is 6.23. The number of hydrogen-bond donors (Lipinski definition) is 6. The lowest BCUT2D eigenvalue weighted by atomic mass is 9.93. The number of phenolic OH excluding ortho intramolecular Hbond substituents is 1. The van der Waals surface area contributed by atoms with Crippen LogP contribution in [-0.2, 0) is 19.2 Å². The first kappa shape index (κ1) is 41.7. The largest absolute Gasteiger partial charge is 0.507 e. The molecule has 0 bridgehead atoms. The Hall–Kier alpha value is -7.04. The number of piperidine rings is 3. The van der Waals surface area contributed by atoms with E-state index < -0.39 is 35.7 Å². The van der Waals surface area contributed by atoms with Gasteiger partial charge in [-0.2, -0.15) is 0 Å². The first-order valence-electron chi connectivity index (χ1n) is 21.1. The molecule has 5 heterocycles. The lowest BCUT2D eigenvalue weighted by Gasteiger charge is -2.44. The van der Waals surface area contributed by atoms with Crippen LogP contribution >= 0.6 is 0 Å². The summed E-state index contributed by atoms with van der Waals surface area (Å²) in [6.45, 7) is 3.48. The van der Waals surface area contributed by atoms with Crippen LogP contribution in [0.5, 0.6) is 5.75 Å². The zero-order valence-corrected chi connectivity index (χ0v) is 34.4. The van der Waals surface area contributed by atoms with Crippen LogP contribution in [0.4, 0.5) is 11.4 Å². The lowest BCUT2D eigenvalue weighted by molar-refractivity contribution is -0.138. The molecular formula is C45H52N10O7. The summed E-state index contributed by atoms with van der Waals surface area (Å²) in [5, 5.41) is 15.9. The number of nitrogens with one attached hydrogen (secondary N) is 2. The molecule has 0 saturated carbocycles. The smallest absolute Gasteiger partial charge is 0.262 e. The van der Waals surface area contributed by atoms with Gasteiger partial charge in [-0.25, -0.2) is 0 Å². The van der Waals surface area contributed by atoms with Crippen LogP contribution in [0.15, 0.2) is 90.4 Å². The van der Waals surface area contributed by atoms with Gasteiger partial charge in [0, 0.05) is 86.8 Å². The molecule has 3 aromatic carbocycles. The van der Waals surface area contributed by atoms with Gasteiger partial charge in [0.15, 0.2) is 0 Å². The summed E-state index contributed by atoms with van der Waals surface area (Å²) in [6, 6.07) is 19.8. The van der Waals surface area contributed by atoms with Crippen LogP contribution in [0.25, 0.3) is 5.70 Å². The van der Waals surface area contributed by atoms with Crippen LogP contribution < -0.4 is 37.6 Å². The van der Waals surface area contributed by atoms with Crippen molar-refractivity contribution in [1.82, 2.24) is 25.3 Å². The Morgan fingerprint density at radius 2 is 1.44 bits per heavy atom. The van der Waals surface area contributed by atoms with E-state index in [0.717, 1.165) is 16.3 Å². The Bertz CT molecular complexity index is 2330. The second kappa shape index (κ2) is 17.5. The third-order valence-electron chi connectivity index (χ3n) is 12.7. The van der Waals surface area contributed by atoms with Crippen LogP contribution in [0.2, 0.25) is 0 Å². The molecule has 324 valence electrons. The van der Waals surface area contributed by atoms with Gasteiger partial charge in [-0.1, -0.05) is 30.3 Å². The van der Waals surface area contributed by atoms with E-state index >= 15 is 0 Å². The molecule has 0 radical (unpaired) electrons. The predicted molar refractivity (Wildman–Crippen MR) is 231 cm³/mol. The number of allylic oxidation sites excluding steroid dienone is 1. The van der Waals surface area contributed by atoms with Crippen molar-refractivity contribution < 1.29 is 33.9 Å². The Morgan fingerprint density at radius 1 is 0.742 bits per heavy atom. The number of aromatic hydroxyl groups is 1. The molecule has 2 unspecified atom stereocenters. The molecule has 17 heteroatoms. The third kappa shape index (κ3) is 8.34. The van der Waals surface area contributed by atoms with E-state index in [-0.39, 0.29) is 71.6 Å².